The minimum Gasteiger partial charge on any atom is -0.469 e. The van der Waals surface area contributed by atoms with E-state index < -0.39 is 4.92 Å². The van der Waals surface area contributed by atoms with E-state index in [1.54, 1.807) is 13.2 Å². The maximum absolute atomic E-state index is 11.4. The van der Waals surface area contributed by atoms with Gasteiger partial charge in [0.15, 0.2) is 0 Å². The number of ether oxygens (including phenoxy) is 2. The van der Waals surface area contributed by atoms with Gasteiger partial charge in [-0.05, 0) is 30.7 Å². The van der Waals surface area contributed by atoms with E-state index in [0.29, 0.717) is 11.5 Å². The van der Waals surface area contributed by atoms with Crippen molar-refractivity contribution in [1.82, 2.24) is 4.98 Å². The second-order valence-corrected chi connectivity index (χ2v) is 8.75. The highest BCUT2D eigenvalue weighted by Gasteiger charge is 2.53. The van der Waals surface area contributed by atoms with Crippen LogP contribution >= 0.6 is 0 Å². The summed E-state index contributed by atoms with van der Waals surface area (Å²) in [5.41, 5.74) is 0.139. The molecule has 1 saturated heterocycles. The van der Waals surface area contributed by atoms with Crippen molar-refractivity contribution in [1.29, 1.82) is 0 Å². The predicted molar refractivity (Wildman–Crippen MR) is 99.7 cm³/mol. The van der Waals surface area contributed by atoms with Crippen LogP contribution in [-0.2, 0) is 4.74 Å². The number of hydrogen-bond donors (Lipinski definition) is 0. The Labute approximate surface area is 154 Å². The summed E-state index contributed by atoms with van der Waals surface area (Å²) in [6.07, 6.45) is 3.16. The topological polar surface area (TPSA) is 77.7 Å². The molecule has 1 aromatic heterocycles. The predicted octanol–water partition coefficient (Wildman–Crippen LogP) is 3.81. The average Bonchev–Trinajstić information content (AvgIpc) is 2.49. The maximum Gasteiger partial charge on any atom is 0.331 e. The van der Waals surface area contributed by atoms with Gasteiger partial charge in [0, 0.05) is 31.7 Å². The molecule has 1 aromatic rings. The molecule has 1 unspecified atom stereocenters. The quantitative estimate of drug-likeness (QED) is 0.565. The number of aromatic nitrogens is 1. The molecule has 144 valence electrons. The van der Waals surface area contributed by atoms with Gasteiger partial charge in [0.1, 0.15) is 11.9 Å². The Morgan fingerprint density at radius 3 is 2.54 bits per heavy atom. The van der Waals surface area contributed by atoms with Gasteiger partial charge in [-0.3, -0.25) is 10.1 Å². The maximum atomic E-state index is 11.4. The average molecular weight is 363 g/mol. The van der Waals surface area contributed by atoms with Crippen LogP contribution in [0.4, 0.5) is 11.5 Å². The van der Waals surface area contributed by atoms with Crippen molar-refractivity contribution < 1.29 is 14.4 Å². The number of nitrogens with zero attached hydrogens (tertiary/aromatic N) is 3. The molecule has 0 bridgehead atoms. The molecule has 2 aliphatic rings. The minimum atomic E-state index is -0.422. The summed E-state index contributed by atoms with van der Waals surface area (Å²) in [7, 11) is 1.76. The van der Waals surface area contributed by atoms with Crippen LogP contribution in [0.3, 0.4) is 0 Å². The summed E-state index contributed by atoms with van der Waals surface area (Å²) in [5.74, 6) is 0.874. The monoisotopic (exact) mass is 363 g/mol. The fraction of sp³-hybridized carbons (Fsp3) is 0.737. The standard InChI is InChI=1S/C19H29N3O4/c1-6-15(18(2,3)4)26-17-14(22(23)24)7-8-16(20-17)21-11-19(12-21)9-13(10-19)25-5/h7-8,13,15H,6,9-12H2,1-5H3. The van der Waals surface area contributed by atoms with Crippen LogP contribution in [-0.4, -0.2) is 42.3 Å². The van der Waals surface area contributed by atoms with E-state index in [1.165, 1.54) is 6.07 Å². The first-order valence-corrected chi connectivity index (χ1v) is 9.27. The summed E-state index contributed by atoms with van der Waals surface area (Å²) in [5, 5.41) is 11.4. The first-order valence-electron chi connectivity index (χ1n) is 9.27. The van der Waals surface area contributed by atoms with Crippen molar-refractivity contribution in [2.75, 3.05) is 25.1 Å². The van der Waals surface area contributed by atoms with Gasteiger partial charge in [0.25, 0.3) is 5.88 Å². The molecule has 2 fully saturated rings. The fourth-order valence-corrected chi connectivity index (χ4v) is 4.09. The molecular weight excluding hydrogens is 334 g/mol. The van der Waals surface area contributed by atoms with Crippen LogP contribution in [0.15, 0.2) is 12.1 Å². The second-order valence-electron chi connectivity index (χ2n) is 8.75. The minimum absolute atomic E-state index is 0.0743. The van der Waals surface area contributed by atoms with Gasteiger partial charge in [-0.15, -0.1) is 0 Å². The lowest BCUT2D eigenvalue weighted by molar-refractivity contribution is -0.386. The number of methoxy groups -OCH3 is 1. The van der Waals surface area contributed by atoms with E-state index >= 15 is 0 Å². The molecule has 7 heteroatoms. The first-order chi connectivity index (χ1) is 12.2. The van der Waals surface area contributed by atoms with Crippen LogP contribution < -0.4 is 9.64 Å². The zero-order valence-electron chi connectivity index (χ0n) is 16.3. The van der Waals surface area contributed by atoms with E-state index in [1.807, 2.05) is 6.92 Å². The van der Waals surface area contributed by atoms with Gasteiger partial charge in [-0.25, -0.2) is 0 Å². The highest BCUT2D eigenvalue weighted by Crippen LogP contribution is 2.50. The number of pyridine rings is 1. The lowest BCUT2D eigenvalue weighted by Crippen LogP contribution is -2.64. The van der Waals surface area contributed by atoms with Crippen molar-refractivity contribution in [3.63, 3.8) is 0 Å². The Bertz CT molecular complexity index is 672. The first kappa shape index (κ1) is 18.9. The summed E-state index contributed by atoms with van der Waals surface area (Å²) in [6.45, 7) is 10.1. The van der Waals surface area contributed by atoms with Crippen LogP contribution in [0.1, 0.15) is 47.0 Å². The van der Waals surface area contributed by atoms with E-state index in [9.17, 15) is 10.1 Å². The molecule has 0 amide bonds. The molecule has 7 nitrogen and oxygen atoms in total. The Morgan fingerprint density at radius 1 is 1.38 bits per heavy atom. The lowest BCUT2D eigenvalue weighted by Gasteiger charge is -2.58. The lowest BCUT2D eigenvalue weighted by atomic mass is 9.62. The number of anilines is 1. The van der Waals surface area contributed by atoms with Crippen LogP contribution in [0.2, 0.25) is 0 Å². The third-order valence-corrected chi connectivity index (χ3v) is 5.64. The Balaban J connectivity index is 1.76. The second kappa shape index (κ2) is 6.68. The molecule has 1 spiro atoms. The third-order valence-electron chi connectivity index (χ3n) is 5.64. The molecule has 0 radical (unpaired) electrons. The molecule has 1 saturated carbocycles. The fourth-order valence-electron chi connectivity index (χ4n) is 4.09. The van der Waals surface area contributed by atoms with Gasteiger partial charge < -0.3 is 14.4 Å². The van der Waals surface area contributed by atoms with E-state index in [-0.39, 0.29) is 23.1 Å². The number of rotatable bonds is 6. The Hall–Kier alpha value is -1.89. The number of hydrogen-bond acceptors (Lipinski definition) is 6. The molecule has 1 aliphatic heterocycles. The Kier molecular flexibility index (Phi) is 4.86. The zero-order chi connectivity index (χ0) is 19.1. The molecule has 0 N–H and O–H groups in total. The highest BCUT2D eigenvalue weighted by atomic mass is 16.6. The van der Waals surface area contributed by atoms with Crippen molar-refractivity contribution in [2.45, 2.75) is 59.2 Å². The van der Waals surface area contributed by atoms with Gasteiger partial charge >= 0.3 is 5.69 Å². The van der Waals surface area contributed by atoms with Crippen LogP contribution in [0.5, 0.6) is 5.88 Å². The number of nitro groups is 1. The molecule has 26 heavy (non-hydrogen) atoms. The van der Waals surface area contributed by atoms with Crippen molar-refractivity contribution >= 4 is 11.5 Å². The van der Waals surface area contributed by atoms with Gasteiger partial charge in [-0.1, -0.05) is 27.7 Å². The van der Waals surface area contributed by atoms with Crippen molar-refractivity contribution in [2.24, 2.45) is 10.8 Å². The van der Waals surface area contributed by atoms with E-state index in [4.69, 9.17) is 9.47 Å². The zero-order valence-corrected chi connectivity index (χ0v) is 16.3. The molecule has 2 heterocycles. The molecular formula is C19H29N3O4. The van der Waals surface area contributed by atoms with Gasteiger partial charge in [0.2, 0.25) is 0 Å². The molecule has 3 rings (SSSR count). The van der Waals surface area contributed by atoms with E-state index in [2.05, 4.69) is 30.7 Å². The molecule has 0 aromatic carbocycles. The summed E-state index contributed by atoms with van der Waals surface area (Å²) in [4.78, 5) is 17.6. The van der Waals surface area contributed by atoms with Crippen molar-refractivity contribution in [3.8, 4) is 5.88 Å². The smallest absolute Gasteiger partial charge is 0.331 e. The van der Waals surface area contributed by atoms with Crippen molar-refractivity contribution in [3.05, 3.63) is 22.2 Å². The molecule has 1 atom stereocenters. The van der Waals surface area contributed by atoms with Gasteiger partial charge in [-0.2, -0.15) is 4.98 Å². The summed E-state index contributed by atoms with van der Waals surface area (Å²) >= 11 is 0. The van der Waals surface area contributed by atoms with Crippen LogP contribution in [0.25, 0.3) is 0 Å². The molecule has 1 aliphatic carbocycles. The van der Waals surface area contributed by atoms with Gasteiger partial charge in [0.05, 0.1) is 11.0 Å². The van der Waals surface area contributed by atoms with Crippen LogP contribution in [0, 0.1) is 20.9 Å². The summed E-state index contributed by atoms with van der Waals surface area (Å²) < 4.78 is 11.4. The third kappa shape index (κ3) is 3.49. The highest BCUT2D eigenvalue weighted by molar-refractivity contribution is 5.52. The normalized spacial score (nSPS) is 20.4. The largest absolute Gasteiger partial charge is 0.469 e. The van der Waals surface area contributed by atoms with E-state index in [0.717, 1.165) is 38.2 Å². The Morgan fingerprint density at radius 2 is 2.04 bits per heavy atom. The SMILES string of the molecule is CCC(Oc1nc(N2CC3(CC(OC)C3)C2)ccc1[N+](=O)[O-])C(C)(C)C. The summed E-state index contributed by atoms with van der Waals surface area (Å²) in [6, 6.07) is 3.24.